The van der Waals surface area contributed by atoms with Crippen molar-refractivity contribution in [2.75, 3.05) is 0 Å². The van der Waals surface area contributed by atoms with Gasteiger partial charge < -0.3 is 5.11 Å². The van der Waals surface area contributed by atoms with Gasteiger partial charge in [0.25, 0.3) is 5.56 Å². The van der Waals surface area contributed by atoms with E-state index in [1.54, 1.807) is 0 Å². The molecule has 0 aliphatic rings. The maximum Gasteiger partial charge on any atom is 0.308 e. The lowest BCUT2D eigenvalue weighted by Gasteiger charge is -2.18. The molecule has 2 aromatic rings. The van der Waals surface area contributed by atoms with Crippen LogP contribution in [-0.2, 0) is 16.6 Å². The molecule has 5 nitrogen and oxygen atoms in total. The fourth-order valence-corrected chi connectivity index (χ4v) is 2.39. The zero-order chi connectivity index (χ0) is 15.8. The SMILES string of the molecule is Cc1ccccc1-n1[nH]c(C(C)(C)C)c(CC(=O)O)c1=O. The minimum absolute atomic E-state index is 0.277. The van der Waals surface area contributed by atoms with Crippen LogP contribution in [0.5, 0.6) is 0 Å². The lowest BCUT2D eigenvalue weighted by atomic mass is 9.89. The van der Waals surface area contributed by atoms with Crippen LogP contribution in [0, 0.1) is 6.92 Å². The monoisotopic (exact) mass is 288 g/mol. The summed E-state index contributed by atoms with van der Waals surface area (Å²) >= 11 is 0. The molecule has 0 fully saturated rings. The molecule has 21 heavy (non-hydrogen) atoms. The number of para-hydroxylation sites is 1. The van der Waals surface area contributed by atoms with E-state index in [0.717, 1.165) is 11.3 Å². The molecule has 5 heteroatoms. The topological polar surface area (TPSA) is 75.1 Å². The van der Waals surface area contributed by atoms with E-state index in [-0.39, 0.29) is 17.4 Å². The van der Waals surface area contributed by atoms with E-state index >= 15 is 0 Å². The van der Waals surface area contributed by atoms with Crippen molar-refractivity contribution in [3.63, 3.8) is 0 Å². The lowest BCUT2D eigenvalue weighted by Crippen LogP contribution is -2.21. The molecule has 0 aliphatic heterocycles. The van der Waals surface area contributed by atoms with Gasteiger partial charge in [-0.15, -0.1) is 0 Å². The summed E-state index contributed by atoms with van der Waals surface area (Å²) < 4.78 is 1.44. The van der Waals surface area contributed by atoms with Crippen LogP contribution < -0.4 is 5.56 Å². The number of aromatic amines is 1. The highest BCUT2D eigenvalue weighted by Crippen LogP contribution is 2.24. The molecule has 0 aliphatic carbocycles. The normalized spacial score (nSPS) is 11.6. The molecule has 2 rings (SSSR count). The standard InChI is InChI=1S/C16H20N2O3/c1-10-7-5-6-8-12(10)18-15(21)11(9-13(19)20)14(17-18)16(2,3)4/h5-8,17H,9H2,1-4H3,(H,19,20). The third kappa shape index (κ3) is 2.91. The minimum Gasteiger partial charge on any atom is -0.481 e. The molecule has 1 aromatic heterocycles. The van der Waals surface area contributed by atoms with E-state index in [9.17, 15) is 9.59 Å². The number of nitrogens with zero attached hydrogens (tertiary/aromatic N) is 1. The first-order valence-electron chi connectivity index (χ1n) is 6.84. The number of hydrogen-bond donors (Lipinski definition) is 2. The Hall–Kier alpha value is -2.30. The molecular weight excluding hydrogens is 268 g/mol. The number of aromatic nitrogens is 2. The second-order valence-electron chi connectivity index (χ2n) is 6.21. The van der Waals surface area contributed by atoms with Crippen molar-refractivity contribution >= 4 is 5.97 Å². The Bertz CT molecular complexity index is 733. The number of aryl methyl sites for hydroxylation is 1. The number of rotatable bonds is 3. The zero-order valence-electron chi connectivity index (χ0n) is 12.7. The van der Waals surface area contributed by atoms with Crippen LogP contribution in [0.15, 0.2) is 29.1 Å². The Morgan fingerprint density at radius 1 is 1.29 bits per heavy atom. The highest BCUT2D eigenvalue weighted by Gasteiger charge is 2.26. The summed E-state index contributed by atoms with van der Waals surface area (Å²) in [5.41, 5.74) is 2.04. The van der Waals surface area contributed by atoms with Gasteiger partial charge in [-0.3, -0.25) is 14.7 Å². The number of carbonyl (C=O) groups is 1. The summed E-state index contributed by atoms with van der Waals surface area (Å²) in [6.07, 6.45) is -0.277. The van der Waals surface area contributed by atoms with E-state index in [4.69, 9.17) is 5.11 Å². The van der Waals surface area contributed by atoms with Gasteiger partial charge in [-0.1, -0.05) is 39.0 Å². The fourth-order valence-electron chi connectivity index (χ4n) is 2.39. The van der Waals surface area contributed by atoms with E-state index < -0.39 is 5.97 Å². The minimum atomic E-state index is -1.01. The summed E-state index contributed by atoms with van der Waals surface area (Å²) in [6.45, 7) is 7.76. The Morgan fingerprint density at radius 3 is 2.43 bits per heavy atom. The van der Waals surface area contributed by atoms with Crippen molar-refractivity contribution in [2.24, 2.45) is 0 Å². The summed E-state index contributed by atoms with van der Waals surface area (Å²) in [4.78, 5) is 23.6. The molecule has 0 unspecified atom stereocenters. The Morgan fingerprint density at radius 2 is 1.90 bits per heavy atom. The van der Waals surface area contributed by atoms with Crippen molar-refractivity contribution in [2.45, 2.75) is 39.5 Å². The number of carboxylic acid groups (broad SMARTS) is 1. The molecule has 0 radical (unpaired) electrons. The molecule has 0 spiro atoms. The molecule has 0 amide bonds. The lowest BCUT2D eigenvalue weighted by molar-refractivity contribution is -0.136. The highest BCUT2D eigenvalue weighted by molar-refractivity contribution is 5.70. The van der Waals surface area contributed by atoms with Gasteiger partial charge in [0.15, 0.2) is 0 Å². The Kier molecular flexibility index (Phi) is 3.77. The fraction of sp³-hybridized carbons (Fsp3) is 0.375. The average Bonchev–Trinajstić information content (AvgIpc) is 2.67. The predicted molar refractivity (Wildman–Crippen MR) is 81.2 cm³/mol. The van der Waals surface area contributed by atoms with Gasteiger partial charge in [-0.05, 0) is 18.6 Å². The molecule has 0 saturated heterocycles. The molecule has 112 valence electrons. The summed E-state index contributed by atoms with van der Waals surface area (Å²) in [6, 6.07) is 7.50. The van der Waals surface area contributed by atoms with Crippen LogP contribution in [0.1, 0.15) is 37.6 Å². The van der Waals surface area contributed by atoms with Gasteiger partial charge in [-0.2, -0.15) is 0 Å². The van der Waals surface area contributed by atoms with Gasteiger partial charge in [0.05, 0.1) is 17.7 Å². The summed E-state index contributed by atoms with van der Waals surface area (Å²) in [5.74, 6) is -1.01. The second kappa shape index (κ2) is 5.24. The number of benzene rings is 1. The number of nitrogens with one attached hydrogen (secondary N) is 1. The van der Waals surface area contributed by atoms with E-state index in [2.05, 4.69) is 5.10 Å². The van der Waals surface area contributed by atoms with Crippen LogP contribution in [0.4, 0.5) is 0 Å². The van der Waals surface area contributed by atoms with E-state index in [1.807, 2.05) is 52.0 Å². The maximum atomic E-state index is 12.6. The van der Waals surface area contributed by atoms with Gasteiger partial charge in [0.1, 0.15) is 0 Å². The Labute approximate surface area is 123 Å². The van der Waals surface area contributed by atoms with Gasteiger partial charge in [0.2, 0.25) is 0 Å². The molecule has 1 heterocycles. The first-order valence-corrected chi connectivity index (χ1v) is 6.84. The van der Waals surface area contributed by atoms with Crippen LogP contribution in [0.3, 0.4) is 0 Å². The summed E-state index contributed by atoms with van der Waals surface area (Å²) in [5, 5.41) is 12.1. The Balaban J connectivity index is 2.71. The molecule has 1 aromatic carbocycles. The first-order chi connectivity index (χ1) is 9.71. The second-order valence-corrected chi connectivity index (χ2v) is 6.21. The number of carboxylic acids is 1. The first kappa shape index (κ1) is 15.1. The van der Waals surface area contributed by atoms with Gasteiger partial charge in [0, 0.05) is 11.1 Å². The predicted octanol–water partition coefficient (Wildman–Crippen LogP) is 2.40. The quantitative estimate of drug-likeness (QED) is 0.910. The molecule has 2 N–H and O–H groups in total. The van der Waals surface area contributed by atoms with E-state index in [1.165, 1.54) is 4.68 Å². The number of aliphatic carboxylic acids is 1. The third-order valence-corrected chi connectivity index (χ3v) is 3.42. The smallest absolute Gasteiger partial charge is 0.308 e. The zero-order valence-corrected chi connectivity index (χ0v) is 12.7. The number of H-pyrrole nitrogens is 1. The molecule has 0 atom stereocenters. The van der Waals surface area contributed by atoms with Crippen LogP contribution in [0.2, 0.25) is 0 Å². The van der Waals surface area contributed by atoms with Crippen molar-refractivity contribution in [1.82, 2.24) is 9.78 Å². The van der Waals surface area contributed by atoms with Crippen molar-refractivity contribution < 1.29 is 9.90 Å². The average molecular weight is 288 g/mol. The molecular formula is C16H20N2O3. The van der Waals surface area contributed by atoms with Crippen LogP contribution >= 0.6 is 0 Å². The van der Waals surface area contributed by atoms with Crippen molar-refractivity contribution in [3.05, 3.63) is 51.4 Å². The van der Waals surface area contributed by atoms with E-state index in [0.29, 0.717) is 11.3 Å². The largest absolute Gasteiger partial charge is 0.481 e. The third-order valence-electron chi connectivity index (χ3n) is 3.42. The molecule has 0 bridgehead atoms. The van der Waals surface area contributed by atoms with Gasteiger partial charge >= 0.3 is 5.97 Å². The maximum absolute atomic E-state index is 12.6. The summed E-state index contributed by atoms with van der Waals surface area (Å²) in [7, 11) is 0. The highest BCUT2D eigenvalue weighted by atomic mass is 16.4. The van der Waals surface area contributed by atoms with Crippen molar-refractivity contribution in [3.8, 4) is 5.69 Å². The van der Waals surface area contributed by atoms with Gasteiger partial charge in [-0.25, -0.2) is 4.68 Å². The molecule has 0 saturated carbocycles. The number of hydrogen-bond acceptors (Lipinski definition) is 2. The van der Waals surface area contributed by atoms with Crippen LogP contribution in [0.25, 0.3) is 5.69 Å². The van der Waals surface area contributed by atoms with Crippen molar-refractivity contribution in [1.29, 1.82) is 0 Å². The van der Waals surface area contributed by atoms with Crippen LogP contribution in [-0.4, -0.2) is 20.9 Å².